The summed E-state index contributed by atoms with van der Waals surface area (Å²) in [5, 5.41) is 0.672. The maximum Gasteiger partial charge on any atom is 0.138 e. The summed E-state index contributed by atoms with van der Waals surface area (Å²) in [6, 6.07) is 5.91. The quantitative estimate of drug-likeness (QED) is 0.829. The predicted molar refractivity (Wildman–Crippen MR) is 89.8 cm³/mol. The first kappa shape index (κ1) is 16.6. The molecular formula is C18H28ClNO. The van der Waals surface area contributed by atoms with Gasteiger partial charge in [0, 0.05) is 6.04 Å². The second kappa shape index (κ2) is 7.02. The number of hydrogen-bond donors (Lipinski definition) is 1. The van der Waals surface area contributed by atoms with Gasteiger partial charge < -0.3 is 10.5 Å². The molecule has 1 fully saturated rings. The minimum atomic E-state index is -0.00494. The molecule has 0 heterocycles. The number of hydrogen-bond acceptors (Lipinski definition) is 2. The molecule has 0 spiro atoms. The molecule has 4 atom stereocenters. The zero-order chi connectivity index (χ0) is 15.6. The Kier molecular flexibility index (Phi) is 5.56. The monoisotopic (exact) mass is 309 g/mol. The molecular weight excluding hydrogens is 282 g/mol. The first-order valence-corrected chi connectivity index (χ1v) is 8.48. The van der Waals surface area contributed by atoms with E-state index in [4.69, 9.17) is 22.1 Å². The molecule has 1 aromatic rings. The lowest BCUT2D eigenvalue weighted by atomic mass is 9.75. The van der Waals surface area contributed by atoms with Crippen LogP contribution in [0.2, 0.25) is 5.02 Å². The average molecular weight is 310 g/mol. The summed E-state index contributed by atoms with van der Waals surface area (Å²) in [6.07, 6.45) is 3.94. The Balaban J connectivity index is 2.15. The van der Waals surface area contributed by atoms with E-state index in [1.807, 2.05) is 25.1 Å². The Hall–Kier alpha value is -0.730. The molecule has 1 saturated carbocycles. The van der Waals surface area contributed by atoms with Crippen LogP contribution >= 0.6 is 11.6 Å². The van der Waals surface area contributed by atoms with E-state index >= 15 is 0 Å². The van der Waals surface area contributed by atoms with E-state index in [0.717, 1.165) is 23.7 Å². The Morgan fingerprint density at radius 1 is 1.24 bits per heavy atom. The fourth-order valence-corrected chi connectivity index (χ4v) is 3.54. The lowest BCUT2D eigenvalue weighted by Gasteiger charge is -2.37. The molecule has 0 saturated heterocycles. The summed E-state index contributed by atoms with van der Waals surface area (Å²) in [4.78, 5) is 0. The van der Waals surface area contributed by atoms with Crippen LogP contribution in [-0.2, 0) is 0 Å². The summed E-state index contributed by atoms with van der Waals surface area (Å²) in [6.45, 7) is 8.85. The van der Waals surface area contributed by atoms with Crippen molar-refractivity contribution in [1.29, 1.82) is 0 Å². The third-order valence-corrected chi connectivity index (χ3v) is 5.02. The summed E-state index contributed by atoms with van der Waals surface area (Å²) in [7, 11) is 0. The summed E-state index contributed by atoms with van der Waals surface area (Å²) in [5.74, 6) is 2.79. The number of benzene rings is 1. The Bertz CT molecular complexity index is 472. The molecule has 1 aliphatic rings. The third kappa shape index (κ3) is 4.14. The third-order valence-electron chi connectivity index (χ3n) is 4.72. The van der Waals surface area contributed by atoms with E-state index < -0.39 is 0 Å². The molecule has 1 aliphatic carbocycles. The zero-order valence-electron chi connectivity index (χ0n) is 13.6. The maximum atomic E-state index is 6.38. The van der Waals surface area contributed by atoms with Gasteiger partial charge >= 0.3 is 0 Å². The van der Waals surface area contributed by atoms with Gasteiger partial charge in [-0.1, -0.05) is 44.9 Å². The van der Waals surface area contributed by atoms with Gasteiger partial charge in [-0.2, -0.15) is 0 Å². The molecule has 118 valence electrons. The molecule has 0 radical (unpaired) electrons. The van der Waals surface area contributed by atoms with Crippen LogP contribution in [0.5, 0.6) is 5.75 Å². The van der Waals surface area contributed by atoms with Crippen LogP contribution in [0.15, 0.2) is 18.2 Å². The van der Waals surface area contributed by atoms with Crippen molar-refractivity contribution in [2.45, 2.75) is 59.1 Å². The summed E-state index contributed by atoms with van der Waals surface area (Å²) < 4.78 is 6.29. The van der Waals surface area contributed by atoms with E-state index in [1.54, 1.807) is 0 Å². The minimum Gasteiger partial charge on any atom is -0.489 e. The molecule has 0 amide bonds. The van der Waals surface area contributed by atoms with Crippen molar-refractivity contribution in [3.63, 3.8) is 0 Å². The molecule has 0 bridgehead atoms. The van der Waals surface area contributed by atoms with Gasteiger partial charge in [0.15, 0.2) is 0 Å². The summed E-state index contributed by atoms with van der Waals surface area (Å²) >= 11 is 6.38. The Morgan fingerprint density at radius 3 is 2.52 bits per heavy atom. The highest BCUT2D eigenvalue weighted by Gasteiger charge is 2.32. The van der Waals surface area contributed by atoms with E-state index in [0.29, 0.717) is 16.9 Å². The average Bonchev–Trinajstić information content (AvgIpc) is 2.40. The van der Waals surface area contributed by atoms with Crippen LogP contribution in [-0.4, -0.2) is 6.10 Å². The predicted octanol–water partition coefficient (Wildman–Crippen LogP) is 5.20. The topological polar surface area (TPSA) is 35.2 Å². The molecule has 0 aromatic heterocycles. The van der Waals surface area contributed by atoms with E-state index in [2.05, 4.69) is 20.8 Å². The highest BCUT2D eigenvalue weighted by atomic mass is 35.5. The van der Waals surface area contributed by atoms with Crippen molar-refractivity contribution in [2.75, 3.05) is 0 Å². The standard InChI is InChI=1S/C18H28ClNO/c1-11(2)15-7-5-12(3)9-18(15)21-17-8-6-14(13(4)20)10-16(17)19/h6,8,10-13,15,18H,5,7,9,20H2,1-4H3/t12?,13-,15?,18?/m1/s1. The smallest absolute Gasteiger partial charge is 0.138 e. The number of halogens is 1. The lowest BCUT2D eigenvalue weighted by Crippen LogP contribution is -2.36. The largest absolute Gasteiger partial charge is 0.489 e. The van der Waals surface area contributed by atoms with Crippen molar-refractivity contribution in [2.24, 2.45) is 23.5 Å². The van der Waals surface area contributed by atoms with Gasteiger partial charge in [-0.25, -0.2) is 0 Å². The van der Waals surface area contributed by atoms with Crippen LogP contribution in [0, 0.1) is 17.8 Å². The number of ether oxygens (including phenoxy) is 1. The van der Waals surface area contributed by atoms with Crippen molar-refractivity contribution in [3.05, 3.63) is 28.8 Å². The fourth-order valence-electron chi connectivity index (χ4n) is 3.31. The Labute approximate surface area is 134 Å². The van der Waals surface area contributed by atoms with Gasteiger partial charge in [0.05, 0.1) is 5.02 Å². The van der Waals surface area contributed by atoms with Gasteiger partial charge in [-0.05, 0) is 55.2 Å². The van der Waals surface area contributed by atoms with Gasteiger partial charge in [0.25, 0.3) is 0 Å². The first-order valence-electron chi connectivity index (χ1n) is 8.10. The second-order valence-electron chi connectivity index (χ2n) is 6.96. The van der Waals surface area contributed by atoms with Crippen molar-refractivity contribution >= 4 is 11.6 Å². The number of rotatable bonds is 4. The second-order valence-corrected chi connectivity index (χ2v) is 7.37. The van der Waals surface area contributed by atoms with E-state index in [1.165, 1.54) is 12.8 Å². The van der Waals surface area contributed by atoms with Gasteiger partial charge in [-0.15, -0.1) is 0 Å². The maximum absolute atomic E-state index is 6.38. The van der Waals surface area contributed by atoms with Crippen molar-refractivity contribution < 1.29 is 4.74 Å². The van der Waals surface area contributed by atoms with Crippen molar-refractivity contribution in [1.82, 2.24) is 0 Å². The van der Waals surface area contributed by atoms with Crippen molar-refractivity contribution in [3.8, 4) is 5.75 Å². The molecule has 1 aromatic carbocycles. The highest BCUT2D eigenvalue weighted by Crippen LogP contribution is 2.38. The fraction of sp³-hybridized carbons (Fsp3) is 0.667. The number of nitrogens with two attached hydrogens (primary N) is 1. The minimum absolute atomic E-state index is 0.00494. The van der Waals surface area contributed by atoms with Crippen LogP contribution < -0.4 is 10.5 Å². The molecule has 0 aliphatic heterocycles. The van der Waals surface area contributed by atoms with Gasteiger partial charge in [-0.3, -0.25) is 0 Å². The molecule has 3 unspecified atom stereocenters. The molecule has 3 heteroatoms. The van der Waals surface area contributed by atoms with Crippen LogP contribution in [0.4, 0.5) is 0 Å². The first-order chi connectivity index (χ1) is 9.88. The van der Waals surface area contributed by atoms with Crippen LogP contribution in [0.25, 0.3) is 0 Å². The van der Waals surface area contributed by atoms with Crippen LogP contribution in [0.1, 0.15) is 58.6 Å². The zero-order valence-corrected chi connectivity index (χ0v) is 14.4. The van der Waals surface area contributed by atoms with Gasteiger partial charge in [0.1, 0.15) is 11.9 Å². The highest BCUT2D eigenvalue weighted by molar-refractivity contribution is 6.32. The molecule has 2 nitrogen and oxygen atoms in total. The van der Waals surface area contributed by atoms with Crippen LogP contribution in [0.3, 0.4) is 0 Å². The van der Waals surface area contributed by atoms with E-state index in [-0.39, 0.29) is 12.1 Å². The lowest BCUT2D eigenvalue weighted by molar-refractivity contribution is 0.0461. The molecule has 2 rings (SSSR count). The Morgan fingerprint density at radius 2 is 1.95 bits per heavy atom. The van der Waals surface area contributed by atoms with Gasteiger partial charge in [0.2, 0.25) is 0 Å². The van der Waals surface area contributed by atoms with E-state index in [9.17, 15) is 0 Å². The molecule has 2 N–H and O–H groups in total. The summed E-state index contributed by atoms with van der Waals surface area (Å²) in [5.41, 5.74) is 6.94. The molecule has 21 heavy (non-hydrogen) atoms. The normalized spacial score (nSPS) is 27.7. The SMILES string of the molecule is CC1CCC(C(C)C)C(Oc2ccc([C@@H](C)N)cc2Cl)C1.